The highest BCUT2D eigenvalue weighted by molar-refractivity contribution is 6.11. The smallest absolute Gasteiger partial charge is 0.410 e. The molecule has 1 aliphatic rings. The van der Waals surface area contributed by atoms with Crippen LogP contribution in [0, 0.1) is 0 Å². The summed E-state index contributed by atoms with van der Waals surface area (Å²) in [5.74, 6) is 0.652. The summed E-state index contributed by atoms with van der Waals surface area (Å²) < 4.78 is 16.3. The zero-order chi connectivity index (χ0) is 28.9. The maximum Gasteiger partial charge on any atom is 0.410 e. The zero-order valence-corrected chi connectivity index (χ0v) is 23.7. The van der Waals surface area contributed by atoms with Crippen molar-refractivity contribution in [1.82, 2.24) is 4.90 Å². The molecule has 1 aliphatic carbocycles. The standard InChI is InChI=1S/C32H36N2O6/c1-32(2,3)40-31(37)34(25-13-14-25)20-21-7-6-8-24(17-21)33-30(36)19-28(35)23-11-9-22(10-12-23)27-16-15-26(38-4)18-29(27)39-5/h6-12,15-18,25H,13-14,19-20H2,1-5H3,(H,33,36). The van der Waals surface area contributed by atoms with Gasteiger partial charge in [-0.15, -0.1) is 0 Å². The molecule has 3 aromatic carbocycles. The van der Waals surface area contributed by atoms with Crippen molar-refractivity contribution >= 4 is 23.5 Å². The first-order valence-corrected chi connectivity index (χ1v) is 13.3. The summed E-state index contributed by atoms with van der Waals surface area (Å²) in [7, 11) is 3.19. The predicted octanol–water partition coefficient (Wildman–Crippen LogP) is 6.48. The molecule has 0 bridgehead atoms. The van der Waals surface area contributed by atoms with Gasteiger partial charge >= 0.3 is 6.09 Å². The zero-order valence-electron chi connectivity index (χ0n) is 23.7. The maximum absolute atomic E-state index is 12.8. The number of hydrogen-bond donors (Lipinski definition) is 1. The highest BCUT2D eigenvalue weighted by atomic mass is 16.6. The molecule has 1 saturated carbocycles. The lowest BCUT2D eigenvalue weighted by atomic mass is 10.0. The number of carbonyl (C=O) groups excluding carboxylic acids is 3. The van der Waals surface area contributed by atoms with Crippen LogP contribution >= 0.6 is 0 Å². The Labute approximate surface area is 235 Å². The third-order valence-corrected chi connectivity index (χ3v) is 6.43. The number of ketones is 1. The molecule has 0 spiro atoms. The molecule has 0 atom stereocenters. The number of Topliss-reactive ketones (excluding diaryl/α,β-unsaturated/α-hetero) is 1. The van der Waals surface area contributed by atoms with Crippen LogP contribution in [0.1, 0.15) is 56.0 Å². The van der Waals surface area contributed by atoms with Gasteiger partial charge in [-0.1, -0.05) is 36.4 Å². The van der Waals surface area contributed by atoms with Gasteiger partial charge in [-0.05, 0) is 69.0 Å². The van der Waals surface area contributed by atoms with Gasteiger partial charge in [0.1, 0.15) is 17.1 Å². The Bertz CT molecular complexity index is 1370. The minimum Gasteiger partial charge on any atom is -0.497 e. The van der Waals surface area contributed by atoms with Crippen LogP contribution in [0.15, 0.2) is 66.7 Å². The van der Waals surface area contributed by atoms with E-state index < -0.39 is 11.5 Å². The van der Waals surface area contributed by atoms with Crippen LogP contribution in [0.2, 0.25) is 0 Å². The normalized spacial score (nSPS) is 12.8. The Morgan fingerprint density at radius 2 is 1.65 bits per heavy atom. The molecule has 40 heavy (non-hydrogen) atoms. The number of rotatable bonds is 10. The van der Waals surface area contributed by atoms with Crippen molar-refractivity contribution in [3.8, 4) is 22.6 Å². The average Bonchev–Trinajstić information content (AvgIpc) is 3.76. The van der Waals surface area contributed by atoms with Crippen LogP contribution in [-0.4, -0.2) is 48.5 Å². The number of amides is 2. The fourth-order valence-corrected chi connectivity index (χ4v) is 4.32. The van der Waals surface area contributed by atoms with Crippen LogP contribution in [0.5, 0.6) is 11.5 Å². The van der Waals surface area contributed by atoms with Gasteiger partial charge in [-0.25, -0.2) is 4.79 Å². The summed E-state index contributed by atoms with van der Waals surface area (Å²) in [6.45, 7) is 5.92. The minimum atomic E-state index is -0.574. The molecule has 0 aliphatic heterocycles. The molecule has 8 nitrogen and oxygen atoms in total. The lowest BCUT2D eigenvalue weighted by molar-refractivity contribution is -0.115. The van der Waals surface area contributed by atoms with E-state index in [1.165, 1.54) is 0 Å². The van der Waals surface area contributed by atoms with Gasteiger partial charge in [0, 0.05) is 35.5 Å². The quantitative estimate of drug-likeness (QED) is 0.232. The lowest BCUT2D eigenvalue weighted by Gasteiger charge is -2.27. The molecule has 0 saturated heterocycles. The fraction of sp³-hybridized carbons (Fsp3) is 0.344. The second-order valence-corrected chi connectivity index (χ2v) is 10.8. The topological polar surface area (TPSA) is 94.2 Å². The van der Waals surface area contributed by atoms with E-state index in [9.17, 15) is 14.4 Å². The highest BCUT2D eigenvalue weighted by Crippen LogP contribution is 2.33. The molecule has 8 heteroatoms. The molecule has 0 unspecified atom stereocenters. The van der Waals surface area contributed by atoms with E-state index in [4.69, 9.17) is 14.2 Å². The third kappa shape index (κ3) is 7.62. The number of benzene rings is 3. The van der Waals surface area contributed by atoms with Crippen molar-refractivity contribution in [3.63, 3.8) is 0 Å². The lowest BCUT2D eigenvalue weighted by Crippen LogP contribution is -2.37. The molecule has 0 radical (unpaired) electrons. The van der Waals surface area contributed by atoms with Crippen molar-refractivity contribution in [2.45, 2.75) is 58.2 Å². The molecular weight excluding hydrogens is 508 g/mol. The highest BCUT2D eigenvalue weighted by Gasteiger charge is 2.35. The van der Waals surface area contributed by atoms with Crippen molar-refractivity contribution in [2.75, 3.05) is 19.5 Å². The van der Waals surface area contributed by atoms with Crippen molar-refractivity contribution in [3.05, 3.63) is 77.9 Å². The number of nitrogens with one attached hydrogen (secondary N) is 1. The van der Waals surface area contributed by atoms with Crippen LogP contribution in [0.25, 0.3) is 11.1 Å². The molecule has 1 N–H and O–H groups in total. The Morgan fingerprint density at radius 1 is 0.925 bits per heavy atom. The van der Waals surface area contributed by atoms with Crippen LogP contribution < -0.4 is 14.8 Å². The van der Waals surface area contributed by atoms with Gasteiger partial charge in [0.25, 0.3) is 0 Å². The van der Waals surface area contributed by atoms with Crippen LogP contribution in [0.3, 0.4) is 0 Å². The molecule has 4 rings (SSSR count). The third-order valence-electron chi connectivity index (χ3n) is 6.43. The summed E-state index contributed by atoms with van der Waals surface area (Å²) in [4.78, 5) is 40.0. The predicted molar refractivity (Wildman–Crippen MR) is 154 cm³/mol. The Balaban J connectivity index is 1.37. The first-order valence-electron chi connectivity index (χ1n) is 13.3. The van der Waals surface area contributed by atoms with E-state index in [2.05, 4.69) is 5.32 Å². The largest absolute Gasteiger partial charge is 0.497 e. The fourth-order valence-electron chi connectivity index (χ4n) is 4.32. The van der Waals surface area contributed by atoms with Crippen LogP contribution in [-0.2, 0) is 16.1 Å². The van der Waals surface area contributed by atoms with Gasteiger partial charge in [0.05, 0.1) is 20.6 Å². The second-order valence-electron chi connectivity index (χ2n) is 10.8. The van der Waals surface area contributed by atoms with E-state index in [0.717, 1.165) is 29.5 Å². The van der Waals surface area contributed by atoms with E-state index in [1.54, 1.807) is 43.4 Å². The van der Waals surface area contributed by atoms with Crippen LogP contribution in [0.4, 0.5) is 10.5 Å². The second kappa shape index (κ2) is 12.2. The molecular formula is C32H36N2O6. The average molecular weight is 545 g/mol. The minimum absolute atomic E-state index is 0.169. The summed E-state index contributed by atoms with van der Waals surface area (Å²) in [5.41, 5.74) is 3.05. The van der Waals surface area contributed by atoms with Crippen molar-refractivity contribution in [1.29, 1.82) is 0 Å². The van der Waals surface area contributed by atoms with E-state index in [1.807, 2.05) is 63.2 Å². The number of carbonyl (C=O) groups is 3. The van der Waals surface area contributed by atoms with E-state index >= 15 is 0 Å². The Kier molecular flexibility index (Phi) is 8.77. The first-order chi connectivity index (χ1) is 19.1. The number of ether oxygens (including phenoxy) is 3. The number of nitrogens with zero attached hydrogens (tertiary/aromatic N) is 1. The molecule has 1 fully saturated rings. The molecule has 0 aromatic heterocycles. The SMILES string of the molecule is COc1ccc(-c2ccc(C(=O)CC(=O)Nc3cccc(CN(C(=O)OC(C)(C)C)C4CC4)c3)cc2)c(OC)c1. The van der Waals surface area contributed by atoms with E-state index in [0.29, 0.717) is 29.3 Å². The summed E-state index contributed by atoms with van der Waals surface area (Å²) in [6.07, 6.45) is 1.27. The number of anilines is 1. The number of methoxy groups -OCH3 is 2. The van der Waals surface area contributed by atoms with Gasteiger partial charge in [-0.3, -0.25) is 9.59 Å². The van der Waals surface area contributed by atoms with Gasteiger partial charge < -0.3 is 24.4 Å². The van der Waals surface area contributed by atoms with Crippen molar-refractivity contribution < 1.29 is 28.6 Å². The molecule has 210 valence electrons. The van der Waals surface area contributed by atoms with E-state index in [-0.39, 0.29) is 24.3 Å². The summed E-state index contributed by atoms with van der Waals surface area (Å²) in [6, 6.07) is 20.1. The Morgan fingerprint density at radius 3 is 2.27 bits per heavy atom. The summed E-state index contributed by atoms with van der Waals surface area (Å²) in [5, 5.41) is 2.81. The van der Waals surface area contributed by atoms with Gasteiger partial charge in [0.2, 0.25) is 5.91 Å². The summed E-state index contributed by atoms with van der Waals surface area (Å²) >= 11 is 0. The van der Waals surface area contributed by atoms with Gasteiger partial charge in [0.15, 0.2) is 5.78 Å². The first kappa shape index (κ1) is 28.7. The number of hydrogen-bond acceptors (Lipinski definition) is 6. The van der Waals surface area contributed by atoms with Gasteiger partial charge in [-0.2, -0.15) is 0 Å². The molecule has 3 aromatic rings. The Hall–Kier alpha value is -4.33. The molecule has 2 amide bonds. The maximum atomic E-state index is 12.8. The monoisotopic (exact) mass is 544 g/mol. The van der Waals surface area contributed by atoms with Crippen molar-refractivity contribution in [2.24, 2.45) is 0 Å². The molecule has 0 heterocycles.